The van der Waals surface area contributed by atoms with Crippen molar-refractivity contribution in [1.82, 2.24) is 0 Å². The molecular formula is C31H40O17. The maximum absolute atomic E-state index is 12.6. The summed E-state index contributed by atoms with van der Waals surface area (Å²) in [5, 5.41) is 82.4. The molecule has 16 atom stereocenters. The second-order valence-corrected chi connectivity index (χ2v) is 12.4. The first-order valence-electron chi connectivity index (χ1n) is 15.4. The minimum absolute atomic E-state index is 0.0724. The van der Waals surface area contributed by atoms with E-state index in [0.717, 1.165) is 6.08 Å². The first-order valence-corrected chi connectivity index (χ1v) is 15.4. The van der Waals surface area contributed by atoms with Crippen LogP contribution in [-0.4, -0.2) is 153 Å². The van der Waals surface area contributed by atoms with Gasteiger partial charge in [-0.1, -0.05) is 6.07 Å². The number of epoxide rings is 1. The highest BCUT2D eigenvalue weighted by Crippen LogP contribution is 2.61. The van der Waals surface area contributed by atoms with Crippen LogP contribution in [0.3, 0.4) is 0 Å². The summed E-state index contributed by atoms with van der Waals surface area (Å²) >= 11 is 0. The van der Waals surface area contributed by atoms with Crippen LogP contribution in [-0.2, 0) is 38.0 Å². The Hall–Kier alpha value is -2.91. The second-order valence-electron chi connectivity index (χ2n) is 12.4. The Morgan fingerprint density at radius 1 is 0.938 bits per heavy atom. The van der Waals surface area contributed by atoms with Crippen molar-refractivity contribution < 1.29 is 83.5 Å². The number of carbonyl (C=O) groups is 1. The van der Waals surface area contributed by atoms with E-state index >= 15 is 0 Å². The van der Waals surface area contributed by atoms with Crippen LogP contribution in [0.25, 0.3) is 6.08 Å². The number of ether oxygens (including phenoxy) is 8. The molecule has 17 nitrogen and oxygen atoms in total. The lowest BCUT2D eigenvalue weighted by Crippen LogP contribution is -2.60. The van der Waals surface area contributed by atoms with Gasteiger partial charge in [-0.2, -0.15) is 0 Å². The summed E-state index contributed by atoms with van der Waals surface area (Å²) in [4.78, 5) is 12.6. The number of fused-ring (bicyclic) bond motifs is 3. The third-order valence-electron chi connectivity index (χ3n) is 9.53. The predicted octanol–water partition coefficient (Wildman–Crippen LogP) is -2.76. The van der Waals surface area contributed by atoms with Crippen molar-refractivity contribution in [2.24, 2.45) is 11.8 Å². The summed E-state index contributed by atoms with van der Waals surface area (Å²) in [5.41, 5.74) is -0.697. The van der Waals surface area contributed by atoms with E-state index in [1.165, 1.54) is 38.5 Å². The van der Waals surface area contributed by atoms with Crippen molar-refractivity contribution in [2.45, 2.75) is 92.4 Å². The number of aromatic hydroxyl groups is 1. The molecule has 48 heavy (non-hydrogen) atoms. The maximum atomic E-state index is 12.6. The molecule has 0 unspecified atom stereocenters. The molecule has 0 radical (unpaired) electrons. The van der Waals surface area contributed by atoms with Crippen molar-refractivity contribution in [3.63, 3.8) is 0 Å². The molecule has 4 fully saturated rings. The first kappa shape index (κ1) is 34.9. The summed E-state index contributed by atoms with van der Waals surface area (Å²) in [6.07, 6.45) is -11.9. The summed E-state index contributed by atoms with van der Waals surface area (Å²) in [7, 11) is 1.39. The number of benzene rings is 1. The number of rotatable bonds is 10. The summed E-state index contributed by atoms with van der Waals surface area (Å²) < 4.78 is 45.4. The zero-order valence-corrected chi connectivity index (χ0v) is 25.9. The zero-order valence-electron chi connectivity index (χ0n) is 25.9. The number of phenolic OH excluding ortho intramolecular Hbond substituents is 1. The van der Waals surface area contributed by atoms with Gasteiger partial charge in [0.25, 0.3) is 0 Å². The van der Waals surface area contributed by atoms with Gasteiger partial charge >= 0.3 is 5.97 Å². The standard InChI is InChI=1S/C31H40O17/c1-12-25(45-18(35)6-4-13-3-5-15(34)16(9-13)41-2)22(38)24(40)29(43-12)46-26-14-7-8-42-28(19(14)31(11-33)27(26)48-31)47-30-23(39)21(37)20(36)17(10-32)44-30/h3-9,12,14,17,19-30,32-34,36-40H,10-11H2,1-2H3/t12-,14+,17+,19+,20+,21-,22-,23+,24+,25-,26-,27-,28-,29-,30-,31+/m0/s1. The molecular weight excluding hydrogens is 644 g/mol. The Balaban J connectivity index is 1.10. The Bertz CT molecular complexity index is 1370. The molecule has 6 rings (SSSR count). The lowest BCUT2D eigenvalue weighted by atomic mass is 9.85. The number of carbonyl (C=O) groups excluding carboxylic acids is 1. The van der Waals surface area contributed by atoms with Crippen LogP contribution in [0.1, 0.15) is 12.5 Å². The minimum Gasteiger partial charge on any atom is -0.504 e. The van der Waals surface area contributed by atoms with E-state index in [0.29, 0.717) is 5.56 Å². The number of aliphatic hydroxyl groups excluding tert-OH is 7. The van der Waals surface area contributed by atoms with Gasteiger partial charge < -0.3 is 78.7 Å². The first-order chi connectivity index (χ1) is 22.9. The average Bonchev–Trinajstić information content (AvgIpc) is 3.76. The van der Waals surface area contributed by atoms with Crippen molar-refractivity contribution in [3.05, 3.63) is 42.2 Å². The lowest BCUT2D eigenvalue weighted by molar-refractivity contribution is -0.347. The maximum Gasteiger partial charge on any atom is 0.331 e. The van der Waals surface area contributed by atoms with Crippen molar-refractivity contribution in [3.8, 4) is 11.5 Å². The Kier molecular flexibility index (Phi) is 10.0. The summed E-state index contributed by atoms with van der Waals surface area (Å²) in [5.74, 6) is -2.02. The number of hydrogen-bond donors (Lipinski definition) is 8. The lowest BCUT2D eigenvalue weighted by Gasteiger charge is -2.44. The van der Waals surface area contributed by atoms with E-state index in [-0.39, 0.29) is 11.5 Å². The van der Waals surface area contributed by atoms with Crippen LogP contribution < -0.4 is 4.74 Å². The van der Waals surface area contributed by atoms with Gasteiger partial charge in [0.1, 0.15) is 48.3 Å². The number of aliphatic hydroxyl groups is 7. The molecule has 3 saturated heterocycles. The Labute approximate surface area is 274 Å². The molecule has 1 aliphatic carbocycles. The highest BCUT2D eigenvalue weighted by molar-refractivity contribution is 5.87. The fraction of sp³-hybridized carbons (Fsp3) is 0.645. The van der Waals surface area contributed by atoms with Gasteiger partial charge in [-0.05, 0) is 36.8 Å². The number of esters is 1. The molecule has 1 aromatic carbocycles. The SMILES string of the molecule is COc1cc(C=CC(=O)O[C@@H]2[C@@H](O)[C@@H](O)[C@H](O[C@H]3[C@@H]4C=CO[C@@H](O[C@@H]5O[C@H](CO)[C@@H](O)[C@H](O)[C@H]5O)[C@@H]4[C@@]4(CO)O[C@@H]34)O[C@H]2C)ccc1O. The molecule has 8 N–H and O–H groups in total. The van der Waals surface area contributed by atoms with Crippen LogP contribution in [0.4, 0.5) is 0 Å². The number of hydrogen-bond acceptors (Lipinski definition) is 17. The highest BCUT2D eigenvalue weighted by Gasteiger charge is 2.77. The van der Waals surface area contributed by atoms with E-state index in [9.17, 15) is 45.6 Å². The van der Waals surface area contributed by atoms with Gasteiger partial charge in [-0.25, -0.2) is 4.79 Å². The quantitative estimate of drug-likeness (QED) is 0.0705. The van der Waals surface area contributed by atoms with Crippen molar-refractivity contribution in [2.75, 3.05) is 20.3 Å². The Morgan fingerprint density at radius 3 is 2.38 bits per heavy atom. The largest absolute Gasteiger partial charge is 0.504 e. The number of phenols is 1. The van der Waals surface area contributed by atoms with Crippen LogP contribution >= 0.6 is 0 Å². The van der Waals surface area contributed by atoms with Crippen LogP contribution in [0.15, 0.2) is 36.6 Å². The van der Waals surface area contributed by atoms with Gasteiger partial charge in [0.15, 0.2) is 30.2 Å². The molecule has 0 aromatic heterocycles. The third-order valence-corrected chi connectivity index (χ3v) is 9.53. The van der Waals surface area contributed by atoms with Gasteiger partial charge in [-0.15, -0.1) is 0 Å². The molecule has 0 bridgehead atoms. The summed E-state index contributed by atoms with van der Waals surface area (Å²) in [6, 6.07) is 4.45. The zero-order chi connectivity index (χ0) is 34.5. The second kappa shape index (κ2) is 13.8. The molecule has 1 aromatic rings. The summed E-state index contributed by atoms with van der Waals surface area (Å²) in [6.45, 7) is 0.379. The van der Waals surface area contributed by atoms with Crippen LogP contribution in [0.2, 0.25) is 0 Å². The molecule has 4 heterocycles. The van der Waals surface area contributed by atoms with Gasteiger partial charge in [0.2, 0.25) is 6.29 Å². The fourth-order valence-electron chi connectivity index (χ4n) is 6.88. The Morgan fingerprint density at radius 2 is 1.67 bits per heavy atom. The topological polar surface area (TPSA) is 256 Å². The molecule has 17 heteroatoms. The van der Waals surface area contributed by atoms with Crippen LogP contribution in [0.5, 0.6) is 11.5 Å². The molecule has 4 aliphatic heterocycles. The predicted molar refractivity (Wildman–Crippen MR) is 155 cm³/mol. The van der Waals surface area contributed by atoms with E-state index in [2.05, 4.69) is 0 Å². The van der Waals surface area contributed by atoms with Crippen LogP contribution in [0, 0.1) is 11.8 Å². The van der Waals surface area contributed by atoms with Crippen molar-refractivity contribution in [1.29, 1.82) is 0 Å². The monoisotopic (exact) mass is 684 g/mol. The van der Waals surface area contributed by atoms with E-state index in [1.54, 1.807) is 12.1 Å². The normalized spacial score (nSPS) is 44.9. The van der Waals surface area contributed by atoms with E-state index in [4.69, 9.17) is 37.9 Å². The number of methoxy groups -OCH3 is 1. The third kappa shape index (κ3) is 6.19. The highest BCUT2D eigenvalue weighted by atomic mass is 16.8. The molecule has 0 amide bonds. The minimum atomic E-state index is -1.70. The fourth-order valence-corrected chi connectivity index (χ4v) is 6.88. The van der Waals surface area contributed by atoms with Crippen molar-refractivity contribution >= 4 is 12.0 Å². The van der Waals surface area contributed by atoms with Gasteiger partial charge in [0, 0.05) is 12.0 Å². The van der Waals surface area contributed by atoms with Gasteiger partial charge in [0.05, 0.1) is 44.7 Å². The average molecular weight is 685 g/mol. The molecule has 0 spiro atoms. The van der Waals surface area contributed by atoms with E-state index < -0.39 is 117 Å². The smallest absolute Gasteiger partial charge is 0.331 e. The molecule has 1 saturated carbocycles. The molecule has 266 valence electrons. The van der Waals surface area contributed by atoms with Gasteiger partial charge in [-0.3, -0.25) is 0 Å². The van der Waals surface area contributed by atoms with E-state index in [1.807, 2.05) is 0 Å². The molecule has 5 aliphatic rings.